The molecule has 0 bridgehead atoms. The number of hydrogen-bond donors (Lipinski definition) is 1. The number of rotatable bonds is 4. The summed E-state index contributed by atoms with van der Waals surface area (Å²) in [5, 5.41) is 3.67. The number of fused-ring (bicyclic) bond motifs is 1. The highest BCUT2D eigenvalue weighted by atomic mass is 79.9. The van der Waals surface area contributed by atoms with Crippen molar-refractivity contribution in [2.75, 3.05) is 26.9 Å². The molecule has 2 unspecified atom stereocenters. The summed E-state index contributed by atoms with van der Waals surface area (Å²) in [6, 6.07) is 7.05. The van der Waals surface area contributed by atoms with Gasteiger partial charge >= 0.3 is 0 Å². The maximum atomic E-state index is 5.67. The molecule has 1 fully saturated rings. The zero-order chi connectivity index (χ0) is 13.3. The lowest BCUT2D eigenvalue weighted by molar-refractivity contribution is -0.0175. The molecule has 1 aliphatic heterocycles. The number of nitrogens with one attached hydrogen (secondary N) is 1. The Hall–Kier alpha value is -0.420. The lowest BCUT2D eigenvalue weighted by atomic mass is 10.0. The highest BCUT2D eigenvalue weighted by Crippen LogP contribution is 2.33. The van der Waals surface area contributed by atoms with E-state index in [0.717, 1.165) is 26.0 Å². The molecule has 1 aromatic carbocycles. The van der Waals surface area contributed by atoms with E-state index in [-0.39, 0.29) is 5.60 Å². The Labute approximate surface area is 122 Å². The van der Waals surface area contributed by atoms with Gasteiger partial charge in [0.2, 0.25) is 0 Å². The van der Waals surface area contributed by atoms with Crippen molar-refractivity contribution < 1.29 is 9.47 Å². The van der Waals surface area contributed by atoms with Gasteiger partial charge in [0, 0.05) is 37.2 Å². The average molecular weight is 326 g/mol. The van der Waals surface area contributed by atoms with Gasteiger partial charge in [-0.1, -0.05) is 22.0 Å². The van der Waals surface area contributed by atoms with Crippen LogP contribution in [0.5, 0.6) is 0 Å². The molecular formula is C15H20BrNO2. The number of benzene rings is 1. The van der Waals surface area contributed by atoms with Gasteiger partial charge in [-0.3, -0.25) is 0 Å². The molecule has 0 radical (unpaired) electrons. The van der Waals surface area contributed by atoms with Crippen LogP contribution < -0.4 is 5.32 Å². The summed E-state index contributed by atoms with van der Waals surface area (Å²) in [5.41, 5.74) is 2.77. The van der Waals surface area contributed by atoms with Crippen molar-refractivity contribution in [2.24, 2.45) is 0 Å². The van der Waals surface area contributed by atoms with Gasteiger partial charge in [0.15, 0.2) is 0 Å². The smallest absolute Gasteiger partial charge is 0.106 e. The van der Waals surface area contributed by atoms with Gasteiger partial charge in [0.1, 0.15) is 5.60 Å². The van der Waals surface area contributed by atoms with E-state index in [1.54, 1.807) is 7.11 Å². The van der Waals surface area contributed by atoms with E-state index < -0.39 is 0 Å². The third kappa shape index (κ3) is 2.72. The Bertz CT molecular complexity index is 457. The van der Waals surface area contributed by atoms with Gasteiger partial charge in [-0.25, -0.2) is 0 Å². The molecule has 19 heavy (non-hydrogen) atoms. The molecular weight excluding hydrogens is 306 g/mol. The van der Waals surface area contributed by atoms with E-state index in [2.05, 4.69) is 39.4 Å². The Balaban J connectivity index is 1.66. The second kappa shape index (κ2) is 5.52. The highest BCUT2D eigenvalue weighted by Gasteiger charge is 2.36. The van der Waals surface area contributed by atoms with Crippen molar-refractivity contribution in [3.63, 3.8) is 0 Å². The highest BCUT2D eigenvalue weighted by molar-refractivity contribution is 9.10. The zero-order valence-corrected chi connectivity index (χ0v) is 12.8. The van der Waals surface area contributed by atoms with Crippen LogP contribution in [-0.4, -0.2) is 32.5 Å². The molecule has 3 nitrogen and oxygen atoms in total. The van der Waals surface area contributed by atoms with Crippen LogP contribution >= 0.6 is 15.9 Å². The van der Waals surface area contributed by atoms with Crippen molar-refractivity contribution in [3.8, 4) is 0 Å². The summed E-state index contributed by atoms with van der Waals surface area (Å²) >= 11 is 3.54. The minimum absolute atomic E-state index is 0.127. The summed E-state index contributed by atoms with van der Waals surface area (Å²) in [4.78, 5) is 0. The summed E-state index contributed by atoms with van der Waals surface area (Å²) < 4.78 is 12.3. The first-order valence-corrected chi connectivity index (χ1v) is 7.66. The van der Waals surface area contributed by atoms with Crippen LogP contribution in [0.3, 0.4) is 0 Å². The first kappa shape index (κ1) is 13.6. The van der Waals surface area contributed by atoms with Crippen molar-refractivity contribution in [3.05, 3.63) is 33.8 Å². The Morgan fingerprint density at radius 2 is 2.42 bits per heavy atom. The molecule has 1 saturated heterocycles. The topological polar surface area (TPSA) is 30.5 Å². The van der Waals surface area contributed by atoms with Crippen LogP contribution in [0.1, 0.15) is 30.0 Å². The molecule has 2 aliphatic rings. The minimum Gasteiger partial charge on any atom is -0.378 e. The lowest BCUT2D eigenvalue weighted by Gasteiger charge is -2.28. The fourth-order valence-corrected chi connectivity index (χ4v) is 3.48. The van der Waals surface area contributed by atoms with Gasteiger partial charge in [-0.15, -0.1) is 0 Å². The molecule has 2 atom stereocenters. The van der Waals surface area contributed by atoms with Gasteiger partial charge in [-0.2, -0.15) is 0 Å². The van der Waals surface area contributed by atoms with Crippen LogP contribution in [0.25, 0.3) is 0 Å². The standard InChI is InChI=1S/C15H20BrNO2/c1-18-15(6-7-19-10-15)9-17-14-5-2-11-8-12(16)3-4-13(11)14/h3-4,8,14,17H,2,5-7,9-10H2,1H3. The largest absolute Gasteiger partial charge is 0.378 e. The molecule has 3 rings (SSSR count). The summed E-state index contributed by atoms with van der Waals surface area (Å²) in [5.74, 6) is 0. The van der Waals surface area contributed by atoms with Crippen LogP contribution in [-0.2, 0) is 15.9 Å². The SMILES string of the molecule is COC1(CNC2CCc3cc(Br)ccc32)CCOC1. The Morgan fingerprint density at radius 1 is 1.53 bits per heavy atom. The maximum absolute atomic E-state index is 5.67. The molecule has 104 valence electrons. The third-order valence-electron chi connectivity index (χ3n) is 4.35. The van der Waals surface area contributed by atoms with Gasteiger partial charge in [0.25, 0.3) is 0 Å². The molecule has 1 N–H and O–H groups in total. The number of methoxy groups -OCH3 is 1. The van der Waals surface area contributed by atoms with Gasteiger partial charge < -0.3 is 14.8 Å². The monoisotopic (exact) mass is 325 g/mol. The second-order valence-corrected chi connectivity index (χ2v) is 6.42. The van der Waals surface area contributed by atoms with Crippen molar-refractivity contribution in [1.82, 2.24) is 5.32 Å². The first-order valence-electron chi connectivity index (χ1n) is 6.87. The lowest BCUT2D eigenvalue weighted by Crippen LogP contribution is -2.43. The summed E-state index contributed by atoms with van der Waals surface area (Å²) in [7, 11) is 1.79. The fraction of sp³-hybridized carbons (Fsp3) is 0.600. The Kier molecular flexibility index (Phi) is 3.94. The van der Waals surface area contributed by atoms with E-state index in [0.29, 0.717) is 12.6 Å². The van der Waals surface area contributed by atoms with Crippen LogP contribution in [0.2, 0.25) is 0 Å². The number of halogens is 1. The van der Waals surface area contributed by atoms with Crippen LogP contribution in [0.4, 0.5) is 0 Å². The summed E-state index contributed by atoms with van der Waals surface area (Å²) in [6.07, 6.45) is 3.31. The molecule has 4 heteroatoms. The predicted octanol–water partition coefficient (Wildman–Crippen LogP) is 2.83. The number of hydrogen-bond acceptors (Lipinski definition) is 3. The van der Waals surface area contributed by atoms with Crippen molar-refractivity contribution >= 4 is 15.9 Å². The zero-order valence-electron chi connectivity index (χ0n) is 11.2. The van der Waals surface area contributed by atoms with Crippen LogP contribution in [0, 0.1) is 0 Å². The predicted molar refractivity (Wildman–Crippen MR) is 78.4 cm³/mol. The number of ether oxygens (including phenoxy) is 2. The molecule has 0 aromatic heterocycles. The molecule has 0 saturated carbocycles. The van der Waals surface area contributed by atoms with Crippen LogP contribution in [0.15, 0.2) is 22.7 Å². The first-order chi connectivity index (χ1) is 9.22. The van der Waals surface area contributed by atoms with Crippen molar-refractivity contribution in [1.29, 1.82) is 0 Å². The number of aryl methyl sites for hydroxylation is 1. The van der Waals surface area contributed by atoms with E-state index in [9.17, 15) is 0 Å². The maximum Gasteiger partial charge on any atom is 0.106 e. The quantitative estimate of drug-likeness (QED) is 0.923. The summed E-state index contributed by atoms with van der Waals surface area (Å²) in [6.45, 7) is 2.38. The third-order valence-corrected chi connectivity index (χ3v) is 4.85. The minimum atomic E-state index is -0.127. The molecule has 1 aromatic rings. The molecule has 0 spiro atoms. The van der Waals surface area contributed by atoms with E-state index in [1.165, 1.54) is 22.0 Å². The normalized spacial score (nSPS) is 29.7. The van der Waals surface area contributed by atoms with Crippen molar-refractivity contribution in [2.45, 2.75) is 30.9 Å². The van der Waals surface area contributed by atoms with Gasteiger partial charge in [0.05, 0.1) is 6.61 Å². The van der Waals surface area contributed by atoms with E-state index in [1.807, 2.05) is 0 Å². The second-order valence-electron chi connectivity index (χ2n) is 5.51. The van der Waals surface area contributed by atoms with Gasteiger partial charge in [-0.05, 0) is 36.1 Å². The molecule has 1 aliphatic carbocycles. The molecule has 0 amide bonds. The fourth-order valence-electron chi connectivity index (χ4n) is 3.07. The van der Waals surface area contributed by atoms with E-state index in [4.69, 9.17) is 9.47 Å². The average Bonchev–Trinajstić information content (AvgIpc) is 3.03. The molecule has 1 heterocycles. The van der Waals surface area contributed by atoms with E-state index >= 15 is 0 Å². The Morgan fingerprint density at radius 3 is 3.16 bits per heavy atom.